The number of hydrogen-bond donors (Lipinski definition) is 3. The molecular formula is C35H40FN5O4. The van der Waals surface area contributed by atoms with E-state index in [0.29, 0.717) is 17.3 Å². The molecule has 1 aromatic heterocycles. The van der Waals surface area contributed by atoms with Gasteiger partial charge in [-0.15, -0.1) is 0 Å². The van der Waals surface area contributed by atoms with Gasteiger partial charge in [0, 0.05) is 6.54 Å². The van der Waals surface area contributed by atoms with Crippen molar-refractivity contribution in [2.45, 2.75) is 58.7 Å². The minimum atomic E-state index is -0.608. The zero-order chi connectivity index (χ0) is 32.1. The minimum Gasteiger partial charge on any atom is -0.497 e. The first kappa shape index (κ1) is 31.7. The summed E-state index contributed by atoms with van der Waals surface area (Å²) in [5.74, 6) is 0.348. The number of halogens is 1. The highest BCUT2D eigenvalue weighted by Gasteiger charge is 2.25. The second-order valence-electron chi connectivity index (χ2n) is 12.4. The van der Waals surface area contributed by atoms with Gasteiger partial charge in [0.05, 0.1) is 30.2 Å². The Kier molecular flexibility index (Phi) is 9.53. The van der Waals surface area contributed by atoms with Crippen LogP contribution >= 0.6 is 0 Å². The van der Waals surface area contributed by atoms with Gasteiger partial charge in [0.2, 0.25) is 0 Å². The van der Waals surface area contributed by atoms with Gasteiger partial charge in [-0.3, -0.25) is 4.79 Å². The lowest BCUT2D eigenvalue weighted by Gasteiger charge is -2.21. The molecule has 3 N–H and O–H groups in total. The highest BCUT2D eigenvalue weighted by Crippen LogP contribution is 2.32. The number of hydrogen-bond acceptors (Lipinski definition) is 6. The molecule has 2 amide bonds. The van der Waals surface area contributed by atoms with E-state index in [1.54, 1.807) is 53.0 Å². The van der Waals surface area contributed by atoms with Crippen LogP contribution in [0.3, 0.4) is 0 Å². The molecule has 0 aliphatic heterocycles. The SMILES string of the molecule is COc1ccc(C(NCC2CC2)c2ccc(F)c(NC(=O)c3cc(C)nn3-c3cccc(CNC(=O)OC(C)(C)C)c3)c2)cc1. The number of ether oxygens (including phenoxy) is 2. The van der Waals surface area contributed by atoms with Gasteiger partial charge < -0.3 is 25.4 Å². The summed E-state index contributed by atoms with van der Waals surface area (Å²) in [4.78, 5) is 25.7. The Hall–Kier alpha value is -4.70. The summed E-state index contributed by atoms with van der Waals surface area (Å²) in [6, 6.07) is 21.3. The van der Waals surface area contributed by atoms with E-state index in [1.165, 1.54) is 23.6 Å². The van der Waals surface area contributed by atoms with E-state index in [4.69, 9.17) is 9.47 Å². The summed E-state index contributed by atoms with van der Waals surface area (Å²) in [6.45, 7) is 8.26. The molecule has 0 radical (unpaired) electrons. The van der Waals surface area contributed by atoms with Crippen LogP contribution in [0.15, 0.2) is 72.8 Å². The third-order valence-electron chi connectivity index (χ3n) is 7.38. The predicted molar refractivity (Wildman–Crippen MR) is 171 cm³/mol. The molecule has 3 aromatic carbocycles. The normalized spacial score (nSPS) is 13.6. The van der Waals surface area contributed by atoms with Crippen molar-refractivity contribution in [1.29, 1.82) is 0 Å². The molecule has 1 fully saturated rings. The monoisotopic (exact) mass is 613 g/mol. The Balaban J connectivity index is 1.36. The van der Waals surface area contributed by atoms with Crippen molar-refractivity contribution in [3.63, 3.8) is 0 Å². The highest BCUT2D eigenvalue weighted by atomic mass is 19.1. The molecule has 0 bridgehead atoms. The van der Waals surface area contributed by atoms with E-state index in [1.807, 2.05) is 48.5 Å². The number of anilines is 1. The molecule has 1 aliphatic rings. The van der Waals surface area contributed by atoms with Gasteiger partial charge in [-0.25, -0.2) is 13.9 Å². The molecule has 10 heteroatoms. The van der Waals surface area contributed by atoms with Gasteiger partial charge >= 0.3 is 6.09 Å². The van der Waals surface area contributed by atoms with Crippen LogP contribution in [0.4, 0.5) is 14.9 Å². The fourth-order valence-electron chi connectivity index (χ4n) is 4.98. The standard InChI is InChI=1S/C35H40FN5O4/c1-22-17-31(41(40-22)27-8-6-7-24(18-27)21-38-34(43)45-35(2,3)4)33(42)39-30-19-26(13-16-29(30)36)32(37-20-23-9-10-23)25-11-14-28(44-5)15-12-25/h6-8,11-19,23,32,37H,9-10,20-21H2,1-5H3,(H,38,43)(H,39,42). The van der Waals surface area contributed by atoms with Gasteiger partial charge in [0.25, 0.3) is 5.91 Å². The number of methoxy groups -OCH3 is 1. The maximum atomic E-state index is 15.2. The van der Waals surface area contributed by atoms with E-state index in [0.717, 1.165) is 29.0 Å². The highest BCUT2D eigenvalue weighted by molar-refractivity contribution is 6.03. The lowest BCUT2D eigenvalue weighted by atomic mass is 9.97. The van der Waals surface area contributed by atoms with Crippen LogP contribution in [0.25, 0.3) is 5.69 Å². The van der Waals surface area contributed by atoms with Crippen LogP contribution in [0, 0.1) is 18.7 Å². The molecule has 9 nitrogen and oxygen atoms in total. The first-order valence-corrected chi connectivity index (χ1v) is 15.1. The number of aromatic nitrogens is 2. The second-order valence-corrected chi connectivity index (χ2v) is 12.4. The first-order chi connectivity index (χ1) is 21.5. The average Bonchev–Trinajstić information content (AvgIpc) is 3.75. The van der Waals surface area contributed by atoms with Crippen LogP contribution < -0.4 is 20.7 Å². The molecule has 1 atom stereocenters. The largest absolute Gasteiger partial charge is 0.497 e. The van der Waals surface area contributed by atoms with Crippen LogP contribution in [-0.2, 0) is 11.3 Å². The summed E-state index contributed by atoms with van der Waals surface area (Å²) in [5.41, 5.74) is 3.58. The number of aryl methyl sites for hydroxylation is 1. The van der Waals surface area contributed by atoms with E-state index >= 15 is 4.39 Å². The lowest BCUT2D eigenvalue weighted by Crippen LogP contribution is -2.32. The van der Waals surface area contributed by atoms with Crippen molar-refractivity contribution in [1.82, 2.24) is 20.4 Å². The van der Waals surface area contributed by atoms with Gasteiger partial charge in [-0.05, 0) is 112 Å². The number of rotatable bonds is 11. The summed E-state index contributed by atoms with van der Waals surface area (Å²) in [7, 11) is 1.63. The molecule has 45 heavy (non-hydrogen) atoms. The van der Waals surface area contributed by atoms with E-state index in [9.17, 15) is 9.59 Å². The lowest BCUT2D eigenvalue weighted by molar-refractivity contribution is 0.0523. The Morgan fingerprint density at radius 2 is 1.76 bits per heavy atom. The van der Waals surface area contributed by atoms with Crippen molar-refractivity contribution in [3.8, 4) is 11.4 Å². The molecule has 1 unspecified atom stereocenters. The maximum Gasteiger partial charge on any atom is 0.407 e. The van der Waals surface area contributed by atoms with Crippen LogP contribution in [0.1, 0.15) is 72.5 Å². The predicted octanol–water partition coefficient (Wildman–Crippen LogP) is 6.69. The van der Waals surface area contributed by atoms with Gasteiger partial charge in [-0.1, -0.05) is 30.3 Å². The number of carbonyl (C=O) groups excluding carboxylic acids is 2. The quantitative estimate of drug-likeness (QED) is 0.174. The fraction of sp³-hybridized carbons (Fsp3) is 0.343. The van der Waals surface area contributed by atoms with Crippen molar-refractivity contribution < 1.29 is 23.5 Å². The number of nitrogens with one attached hydrogen (secondary N) is 3. The minimum absolute atomic E-state index is 0.0740. The zero-order valence-electron chi connectivity index (χ0n) is 26.3. The number of carbonyl (C=O) groups is 2. The molecule has 0 saturated heterocycles. The van der Waals surface area contributed by atoms with Gasteiger partial charge in [0.1, 0.15) is 22.9 Å². The van der Waals surface area contributed by atoms with Crippen LogP contribution in [-0.4, -0.2) is 41.0 Å². The number of benzene rings is 3. The summed E-state index contributed by atoms with van der Waals surface area (Å²) in [6.07, 6.45) is 1.87. The number of amides is 2. The smallest absolute Gasteiger partial charge is 0.407 e. The first-order valence-electron chi connectivity index (χ1n) is 15.1. The molecule has 0 spiro atoms. The Labute approximate surface area is 263 Å². The van der Waals surface area contributed by atoms with Crippen molar-refractivity contribution in [2.24, 2.45) is 5.92 Å². The molecule has 4 aromatic rings. The Morgan fingerprint density at radius 1 is 1.02 bits per heavy atom. The molecule has 1 aliphatic carbocycles. The number of alkyl carbamates (subject to hydrolysis) is 1. The Bertz CT molecular complexity index is 1660. The van der Waals surface area contributed by atoms with Crippen molar-refractivity contribution in [2.75, 3.05) is 19.0 Å². The summed E-state index contributed by atoms with van der Waals surface area (Å²) >= 11 is 0. The molecule has 1 heterocycles. The third-order valence-corrected chi connectivity index (χ3v) is 7.38. The summed E-state index contributed by atoms with van der Waals surface area (Å²) in [5, 5.41) is 13.7. The molecule has 5 rings (SSSR count). The second kappa shape index (κ2) is 13.5. The van der Waals surface area contributed by atoms with E-state index < -0.39 is 23.4 Å². The van der Waals surface area contributed by atoms with E-state index in [2.05, 4.69) is 21.0 Å². The molecule has 1 saturated carbocycles. The van der Waals surface area contributed by atoms with Gasteiger partial charge in [-0.2, -0.15) is 5.10 Å². The van der Waals surface area contributed by atoms with Crippen molar-refractivity contribution in [3.05, 3.63) is 107 Å². The Morgan fingerprint density at radius 3 is 2.44 bits per heavy atom. The maximum absolute atomic E-state index is 15.2. The topological polar surface area (TPSA) is 107 Å². The van der Waals surface area contributed by atoms with Crippen LogP contribution in [0.5, 0.6) is 5.75 Å². The molecular weight excluding hydrogens is 573 g/mol. The summed E-state index contributed by atoms with van der Waals surface area (Å²) < 4.78 is 27.3. The average molecular weight is 614 g/mol. The molecule has 236 valence electrons. The van der Waals surface area contributed by atoms with E-state index in [-0.39, 0.29) is 24.0 Å². The third kappa shape index (κ3) is 8.48. The zero-order valence-corrected chi connectivity index (χ0v) is 26.3. The van der Waals surface area contributed by atoms with Gasteiger partial charge in [0.15, 0.2) is 0 Å². The number of nitrogens with zero attached hydrogens (tertiary/aromatic N) is 2. The van der Waals surface area contributed by atoms with Crippen molar-refractivity contribution >= 4 is 17.7 Å². The fourth-order valence-corrected chi connectivity index (χ4v) is 4.98. The van der Waals surface area contributed by atoms with Crippen LogP contribution in [0.2, 0.25) is 0 Å².